The maximum Gasteiger partial charge on any atom is 0.487 e. The normalized spacial score (nSPS) is 40.5. The van der Waals surface area contributed by atoms with Crippen molar-refractivity contribution >= 4 is 19.2 Å². The Morgan fingerprint density at radius 1 is 1.23 bits per heavy atom. The first-order chi connectivity index (χ1) is 14.7. The number of carbonyl (C=O) groups is 1. The van der Waals surface area contributed by atoms with Crippen LogP contribution in [-0.4, -0.2) is 43.4 Å². The summed E-state index contributed by atoms with van der Waals surface area (Å²) in [6.07, 6.45) is 4.15. The van der Waals surface area contributed by atoms with Crippen molar-refractivity contribution in [3.8, 4) is 11.5 Å². The first kappa shape index (κ1) is 19.6. The highest BCUT2D eigenvalue weighted by atomic mass is 19.1. The molecule has 0 amide bonds. The fraction of sp³-hybridized carbons (Fsp3) is 0.609. The summed E-state index contributed by atoms with van der Waals surface area (Å²) >= 11 is 0. The van der Waals surface area contributed by atoms with Crippen LogP contribution < -0.4 is 9.47 Å². The number of hydrogen-bond donors (Lipinski definition) is 0. The Morgan fingerprint density at radius 2 is 2.03 bits per heavy atom. The molecule has 5 aliphatic rings. The van der Waals surface area contributed by atoms with Gasteiger partial charge in [0.15, 0.2) is 0 Å². The number of esters is 1. The number of fused-ring (bicyclic) bond motifs is 2. The van der Waals surface area contributed by atoms with Gasteiger partial charge in [0.2, 0.25) is 5.79 Å². The van der Waals surface area contributed by atoms with Gasteiger partial charge in [0.1, 0.15) is 30.3 Å². The number of rotatable bonds is 5. The molecule has 0 radical (unpaired) electrons. The van der Waals surface area contributed by atoms with E-state index >= 15 is 0 Å². The van der Waals surface area contributed by atoms with Gasteiger partial charge in [-0.15, -0.1) is 0 Å². The topological polar surface area (TPSA) is 63.2 Å². The van der Waals surface area contributed by atoms with E-state index in [0.29, 0.717) is 17.2 Å². The zero-order valence-electron chi connectivity index (χ0n) is 18.2. The summed E-state index contributed by atoms with van der Waals surface area (Å²) in [4.78, 5) is 12.6. The van der Waals surface area contributed by atoms with Crippen LogP contribution in [0.2, 0.25) is 0 Å². The van der Waals surface area contributed by atoms with Crippen molar-refractivity contribution in [2.24, 2.45) is 17.3 Å². The number of cyclic esters (lactones) is 1. The predicted octanol–water partition coefficient (Wildman–Crippen LogP) is 3.96. The summed E-state index contributed by atoms with van der Waals surface area (Å²) in [6, 6.07) is 3.42. The van der Waals surface area contributed by atoms with Crippen LogP contribution in [0.1, 0.15) is 56.5 Å². The summed E-state index contributed by atoms with van der Waals surface area (Å²) in [6.45, 7) is 7.05. The van der Waals surface area contributed by atoms with Gasteiger partial charge in [-0.05, 0) is 43.7 Å². The molecule has 1 spiro atoms. The van der Waals surface area contributed by atoms with Crippen LogP contribution in [0.25, 0.3) is 6.08 Å². The van der Waals surface area contributed by atoms with Crippen molar-refractivity contribution < 1.29 is 32.7 Å². The number of hydrogen-bond acceptors (Lipinski definition) is 6. The molecule has 0 bridgehead atoms. The van der Waals surface area contributed by atoms with Gasteiger partial charge >= 0.3 is 13.1 Å². The molecule has 2 aliphatic heterocycles. The minimum Gasteiger partial charge on any atom is -0.490 e. The third-order valence-corrected chi connectivity index (χ3v) is 8.45. The van der Waals surface area contributed by atoms with Gasteiger partial charge in [-0.25, -0.2) is 9.18 Å². The second kappa shape index (κ2) is 5.84. The first-order valence-corrected chi connectivity index (χ1v) is 11.0. The van der Waals surface area contributed by atoms with E-state index in [2.05, 4.69) is 13.8 Å². The third-order valence-electron chi connectivity index (χ3n) is 8.45. The summed E-state index contributed by atoms with van der Waals surface area (Å²) in [7, 11) is -0.449. The van der Waals surface area contributed by atoms with E-state index in [1.807, 2.05) is 12.1 Å². The zero-order chi connectivity index (χ0) is 21.8. The fourth-order valence-corrected chi connectivity index (χ4v) is 7.00. The van der Waals surface area contributed by atoms with Crippen molar-refractivity contribution in [3.63, 3.8) is 0 Å². The number of benzene rings is 1. The van der Waals surface area contributed by atoms with E-state index < -0.39 is 25.5 Å². The monoisotopic (exact) mass is 428 g/mol. The summed E-state index contributed by atoms with van der Waals surface area (Å²) in [5, 5.41) is 0. The Balaban J connectivity index is 1.30. The lowest BCUT2D eigenvalue weighted by atomic mass is 9.21. The molecule has 5 unspecified atom stereocenters. The second-order valence-corrected chi connectivity index (χ2v) is 10.2. The Morgan fingerprint density at radius 3 is 2.71 bits per heavy atom. The summed E-state index contributed by atoms with van der Waals surface area (Å²) in [5.74, 6) is 2.13. The predicted molar refractivity (Wildman–Crippen MR) is 110 cm³/mol. The highest BCUT2D eigenvalue weighted by Gasteiger charge is 2.93. The van der Waals surface area contributed by atoms with Crippen LogP contribution in [0.5, 0.6) is 11.5 Å². The molecule has 31 heavy (non-hydrogen) atoms. The van der Waals surface area contributed by atoms with E-state index in [9.17, 15) is 9.18 Å². The fourth-order valence-electron chi connectivity index (χ4n) is 7.00. The van der Waals surface area contributed by atoms with Gasteiger partial charge in [0.05, 0.1) is 11.2 Å². The lowest BCUT2D eigenvalue weighted by Crippen LogP contribution is -2.92. The first-order valence-electron chi connectivity index (χ1n) is 11.0. The minimum atomic E-state index is -1.12. The van der Waals surface area contributed by atoms with Gasteiger partial charge in [-0.1, -0.05) is 19.0 Å². The highest BCUT2D eigenvalue weighted by Crippen LogP contribution is 2.87. The van der Waals surface area contributed by atoms with Crippen LogP contribution in [0, 0.1) is 17.3 Å². The van der Waals surface area contributed by atoms with E-state index in [0.717, 1.165) is 12.3 Å². The lowest BCUT2D eigenvalue weighted by molar-refractivity contribution is -0.429. The molecule has 4 fully saturated rings. The van der Waals surface area contributed by atoms with E-state index in [1.165, 1.54) is 6.42 Å². The maximum absolute atomic E-state index is 12.6. The Labute approximate surface area is 181 Å². The molecule has 2 heterocycles. The molecular formula is C23H26BFO6. The van der Waals surface area contributed by atoms with Crippen LogP contribution in [0.4, 0.5) is 4.39 Å². The zero-order valence-corrected chi connectivity index (χ0v) is 18.2. The molecule has 5 atom stereocenters. The molecule has 164 valence electrons. The van der Waals surface area contributed by atoms with Crippen LogP contribution in [0.15, 0.2) is 18.1 Å². The Kier molecular flexibility index (Phi) is 3.70. The van der Waals surface area contributed by atoms with Crippen molar-refractivity contribution in [1.29, 1.82) is 0 Å². The van der Waals surface area contributed by atoms with Crippen LogP contribution in [0.3, 0.4) is 0 Å². The molecular weight excluding hydrogens is 402 g/mol. The number of ether oxygens (including phenoxy) is 3. The molecule has 0 aromatic heterocycles. The molecule has 6 rings (SSSR count). The number of halogens is 1. The molecule has 8 heteroatoms. The SMILES string of the molecule is CC1(C)OC(=O)c2c(OCCF)ccc(/C=C\B3OC4(C)C5CC6CC4(O3)C65C)c2O1. The Hall–Kier alpha value is -2.06. The van der Waals surface area contributed by atoms with Gasteiger partial charge in [-0.3, -0.25) is 0 Å². The lowest BCUT2D eigenvalue weighted by Gasteiger charge is -2.87. The molecule has 6 nitrogen and oxygen atoms in total. The number of alkyl halides is 1. The number of carbonyl (C=O) groups excluding carboxylic acids is 1. The average Bonchev–Trinajstić information content (AvgIpc) is 3.02. The van der Waals surface area contributed by atoms with Gasteiger partial charge in [0.25, 0.3) is 0 Å². The summed E-state index contributed by atoms with van der Waals surface area (Å²) in [5.41, 5.74) is 0.713. The van der Waals surface area contributed by atoms with Crippen LogP contribution in [-0.2, 0) is 14.0 Å². The van der Waals surface area contributed by atoms with Gasteiger partial charge in [-0.2, -0.15) is 0 Å². The van der Waals surface area contributed by atoms with Gasteiger partial charge in [0, 0.05) is 24.8 Å². The van der Waals surface area contributed by atoms with Crippen molar-refractivity contribution in [2.45, 2.75) is 57.5 Å². The van der Waals surface area contributed by atoms with Gasteiger partial charge < -0.3 is 23.5 Å². The average molecular weight is 428 g/mol. The van der Waals surface area contributed by atoms with Crippen molar-refractivity contribution in [3.05, 3.63) is 29.2 Å². The van der Waals surface area contributed by atoms with E-state index in [1.54, 1.807) is 26.0 Å². The molecule has 1 aromatic carbocycles. The highest BCUT2D eigenvalue weighted by molar-refractivity contribution is 6.52. The maximum atomic E-state index is 12.6. The molecule has 1 saturated heterocycles. The molecule has 0 N–H and O–H groups in total. The third kappa shape index (κ3) is 2.18. The Bertz CT molecular complexity index is 1030. The summed E-state index contributed by atoms with van der Waals surface area (Å²) < 4.78 is 42.2. The van der Waals surface area contributed by atoms with Crippen LogP contribution >= 0.6 is 0 Å². The van der Waals surface area contributed by atoms with E-state index in [4.69, 9.17) is 23.5 Å². The smallest absolute Gasteiger partial charge is 0.487 e. The van der Waals surface area contributed by atoms with Crippen molar-refractivity contribution in [1.82, 2.24) is 0 Å². The minimum absolute atomic E-state index is 0.149. The molecule has 1 aromatic rings. The quantitative estimate of drug-likeness (QED) is 0.523. The second-order valence-electron chi connectivity index (χ2n) is 10.2. The van der Waals surface area contributed by atoms with E-state index in [-0.39, 0.29) is 34.5 Å². The molecule has 3 aliphatic carbocycles. The largest absolute Gasteiger partial charge is 0.490 e. The van der Waals surface area contributed by atoms with Crippen molar-refractivity contribution in [2.75, 3.05) is 13.3 Å². The molecule has 3 saturated carbocycles. The standard InChI is InChI=1S/C23H26BFO6/c1-20(2)28-18-13(5-6-15(27-10-9-25)17(18)19(26)29-20)7-8-24-30-22(4)16-11-14-12-23(22,31-24)21(14,16)3/h5-8,14,16H,9-12H2,1-4H3/b8-7-.